The van der Waals surface area contributed by atoms with E-state index >= 15 is 0 Å². The fourth-order valence-electron chi connectivity index (χ4n) is 2.93. The van der Waals surface area contributed by atoms with Crippen LogP contribution in [0, 0.1) is 6.92 Å². The monoisotopic (exact) mass is 307 g/mol. The van der Waals surface area contributed by atoms with Crippen LogP contribution in [-0.2, 0) is 6.54 Å². The van der Waals surface area contributed by atoms with E-state index in [9.17, 15) is 9.90 Å². The second-order valence-corrected chi connectivity index (χ2v) is 5.98. The number of benzene rings is 1. The number of rotatable bonds is 2. The first-order valence-corrected chi connectivity index (χ1v) is 7.62. The van der Waals surface area contributed by atoms with Crippen molar-refractivity contribution in [3.8, 4) is 5.75 Å². The van der Waals surface area contributed by atoms with Crippen molar-refractivity contribution in [2.24, 2.45) is 0 Å². The Morgan fingerprint density at radius 3 is 2.71 bits per heavy atom. The predicted octanol–water partition coefficient (Wildman–Crippen LogP) is 3.45. The number of piperidine rings is 1. The minimum Gasteiger partial charge on any atom is -0.507 e. The van der Waals surface area contributed by atoms with Crippen molar-refractivity contribution in [1.29, 1.82) is 0 Å². The van der Waals surface area contributed by atoms with Crippen molar-refractivity contribution >= 4 is 22.6 Å². The first-order chi connectivity index (χ1) is 10.1. The van der Waals surface area contributed by atoms with E-state index < -0.39 is 5.63 Å². The molecule has 2 heterocycles. The standard InChI is InChI=1S/C16H18ClNO3/c1-10-11-5-6-13(19)12(9-18-7-3-2-4-8-18)15(11)21-16(20)14(10)17/h5-6,19H,2-4,7-9H2,1H3. The van der Waals surface area contributed by atoms with E-state index in [-0.39, 0.29) is 10.8 Å². The molecule has 1 aromatic heterocycles. The van der Waals surface area contributed by atoms with Gasteiger partial charge in [0.15, 0.2) is 0 Å². The van der Waals surface area contributed by atoms with Crippen molar-refractivity contribution in [2.75, 3.05) is 13.1 Å². The zero-order valence-electron chi connectivity index (χ0n) is 12.0. The number of hydrogen-bond donors (Lipinski definition) is 1. The molecule has 21 heavy (non-hydrogen) atoms. The molecule has 1 fully saturated rings. The highest BCUT2D eigenvalue weighted by Gasteiger charge is 2.18. The van der Waals surface area contributed by atoms with Crippen molar-refractivity contribution in [3.05, 3.63) is 38.7 Å². The van der Waals surface area contributed by atoms with Crippen LogP contribution in [0.25, 0.3) is 11.0 Å². The summed E-state index contributed by atoms with van der Waals surface area (Å²) in [5.74, 6) is 0.165. The molecule has 0 radical (unpaired) electrons. The molecule has 0 amide bonds. The van der Waals surface area contributed by atoms with E-state index in [0.29, 0.717) is 23.3 Å². The summed E-state index contributed by atoms with van der Waals surface area (Å²) in [6.45, 7) is 4.40. The van der Waals surface area contributed by atoms with Gasteiger partial charge in [0.2, 0.25) is 0 Å². The zero-order valence-corrected chi connectivity index (χ0v) is 12.7. The lowest BCUT2D eigenvalue weighted by Crippen LogP contribution is -2.29. The highest BCUT2D eigenvalue weighted by atomic mass is 35.5. The van der Waals surface area contributed by atoms with Crippen LogP contribution in [0.2, 0.25) is 5.02 Å². The molecule has 1 aliphatic heterocycles. The third-order valence-corrected chi connectivity index (χ3v) is 4.61. The summed E-state index contributed by atoms with van der Waals surface area (Å²) in [6.07, 6.45) is 3.59. The third kappa shape index (κ3) is 2.65. The molecule has 2 aromatic rings. The first-order valence-electron chi connectivity index (χ1n) is 7.24. The van der Waals surface area contributed by atoms with E-state index in [2.05, 4.69) is 4.90 Å². The molecule has 0 spiro atoms. The lowest BCUT2D eigenvalue weighted by Gasteiger charge is -2.26. The minimum atomic E-state index is -0.549. The zero-order chi connectivity index (χ0) is 15.0. The van der Waals surface area contributed by atoms with Gasteiger partial charge in [-0.05, 0) is 50.6 Å². The summed E-state index contributed by atoms with van der Waals surface area (Å²) >= 11 is 5.96. The number of likely N-dealkylation sites (tertiary alicyclic amines) is 1. The molecular formula is C16H18ClNO3. The Labute approximate surface area is 127 Å². The minimum absolute atomic E-state index is 0.108. The van der Waals surface area contributed by atoms with Crippen LogP contribution >= 0.6 is 11.6 Å². The number of hydrogen-bond acceptors (Lipinski definition) is 4. The van der Waals surface area contributed by atoms with Gasteiger partial charge in [-0.25, -0.2) is 4.79 Å². The van der Waals surface area contributed by atoms with Gasteiger partial charge >= 0.3 is 5.63 Å². The summed E-state index contributed by atoms with van der Waals surface area (Å²) in [6, 6.07) is 3.39. The first kappa shape index (κ1) is 14.4. The largest absolute Gasteiger partial charge is 0.507 e. The van der Waals surface area contributed by atoms with Gasteiger partial charge in [0.1, 0.15) is 16.4 Å². The van der Waals surface area contributed by atoms with Gasteiger partial charge in [-0.2, -0.15) is 0 Å². The quantitative estimate of drug-likeness (QED) is 0.863. The smallest absolute Gasteiger partial charge is 0.355 e. The summed E-state index contributed by atoms with van der Waals surface area (Å²) in [4.78, 5) is 14.1. The van der Waals surface area contributed by atoms with Gasteiger partial charge in [-0.3, -0.25) is 4.90 Å². The molecule has 1 N–H and O–H groups in total. The maximum atomic E-state index is 11.8. The summed E-state index contributed by atoms with van der Waals surface area (Å²) in [5.41, 5.74) is 1.27. The summed E-state index contributed by atoms with van der Waals surface area (Å²) in [5, 5.41) is 11.1. The second kappa shape index (κ2) is 5.70. The molecule has 4 nitrogen and oxygen atoms in total. The molecule has 0 atom stereocenters. The maximum absolute atomic E-state index is 11.8. The molecule has 5 heteroatoms. The average Bonchev–Trinajstić information content (AvgIpc) is 2.49. The lowest BCUT2D eigenvalue weighted by atomic mass is 10.0. The number of phenols is 1. The molecule has 1 saturated heterocycles. The number of aryl methyl sites for hydroxylation is 1. The van der Waals surface area contributed by atoms with Crippen molar-refractivity contribution < 1.29 is 9.52 Å². The Kier molecular flexibility index (Phi) is 3.91. The van der Waals surface area contributed by atoms with Gasteiger partial charge in [-0.15, -0.1) is 0 Å². The van der Waals surface area contributed by atoms with Crippen LogP contribution in [0.3, 0.4) is 0 Å². The molecule has 0 bridgehead atoms. The molecule has 0 saturated carbocycles. The highest BCUT2D eigenvalue weighted by Crippen LogP contribution is 2.31. The van der Waals surface area contributed by atoms with Crippen LogP contribution in [0.1, 0.15) is 30.4 Å². The number of aromatic hydroxyl groups is 1. The Balaban J connectivity index is 2.12. The average molecular weight is 308 g/mol. The van der Waals surface area contributed by atoms with Crippen LogP contribution < -0.4 is 5.63 Å². The van der Waals surface area contributed by atoms with Crippen LogP contribution in [0.5, 0.6) is 5.75 Å². The number of fused-ring (bicyclic) bond motifs is 1. The Bertz CT molecular complexity index is 732. The van der Waals surface area contributed by atoms with Crippen LogP contribution in [0.4, 0.5) is 0 Å². The van der Waals surface area contributed by atoms with Gasteiger partial charge in [0, 0.05) is 11.9 Å². The maximum Gasteiger partial charge on any atom is 0.355 e. The van der Waals surface area contributed by atoms with Crippen molar-refractivity contribution in [1.82, 2.24) is 4.90 Å². The van der Waals surface area contributed by atoms with E-state index in [0.717, 1.165) is 18.5 Å². The number of nitrogens with zero attached hydrogens (tertiary/aromatic N) is 1. The Hall–Kier alpha value is -1.52. The highest BCUT2D eigenvalue weighted by molar-refractivity contribution is 6.31. The molecule has 1 aliphatic rings. The molecule has 3 rings (SSSR count). The van der Waals surface area contributed by atoms with Crippen molar-refractivity contribution in [2.45, 2.75) is 32.7 Å². The third-order valence-electron chi connectivity index (χ3n) is 4.17. The Morgan fingerprint density at radius 1 is 1.29 bits per heavy atom. The molecule has 0 unspecified atom stereocenters. The molecular weight excluding hydrogens is 290 g/mol. The number of phenolic OH excluding ortho intramolecular Hbond substituents is 1. The topological polar surface area (TPSA) is 53.7 Å². The summed E-state index contributed by atoms with van der Waals surface area (Å²) in [7, 11) is 0. The molecule has 1 aromatic carbocycles. The Morgan fingerprint density at radius 2 is 2.00 bits per heavy atom. The van der Waals surface area contributed by atoms with Gasteiger partial charge in [0.05, 0.1) is 5.56 Å². The van der Waals surface area contributed by atoms with Gasteiger partial charge < -0.3 is 9.52 Å². The van der Waals surface area contributed by atoms with E-state index in [1.165, 1.54) is 19.3 Å². The van der Waals surface area contributed by atoms with E-state index in [4.69, 9.17) is 16.0 Å². The fraction of sp³-hybridized carbons (Fsp3) is 0.438. The molecule has 112 valence electrons. The fourth-order valence-corrected chi connectivity index (χ4v) is 3.07. The van der Waals surface area contributed by atoms with Crippen LogP contribution in [0.15, 0.2) is 21.3 Å². The predicted molar refractivity (Wildman–Crippen MR) is 83.0 cm³/mol. The van der Waals surface area contributed by atoms with Crippen LogP contribution in [-0.4, -0.2) is 23.1 Å². The molecule has 0 aliphatic carbocycles. The van der Waals surface area contributed by atoms with E-state index in [1.807, 2.05) is 0 Å². The van der Waals surface area contributed by atoms with Gasteiger partial charge in [-0.1, -0.05) is 18.0 Å². The van der Waals surface area contributed by atoms with Gasteiger partial charge in [0.25, 0.3) is 0 Å². The lowest BCUT2D eigenvalue weighted by molar-refractivity contribution is 0.218. The number of halogens is 1. The summed E-state index contributed by atoms with van der Waals surface area (Å²) < 4.78 is 5.35. The SMILES string of the molecule is Cc1c(Cl)c(=O)oc2c(CN3CCCCC3)c(O)ccc12. The second-order valence-electron chi connectivity index (χ2n) is 5.61. The normalized spacial score (nSPS) is 16.5. The van der Waals surface area contributed by atoms with E-state index in [1.54, 1.807) is 19.1 Å². The van der Waals surface area contributed by atoms with Crippen molar-refractivity contribution in [3.63, 3.8) is 0 Å².